The van der Waals surface area contributed by atoms with E-state index in [9.17, 15) is 4.79 Å². The molecule has 1 fully saturated rings. The second-order valence-corrected chi connectivity index (χ2v) is 4.99. The smallest absolute Gasteiger partial charge is 0.159 e. The first kappa shape index (κ1) is 12.1. The molecule has 1 saturated carbocycles. The molecule has 1 aromatic rings. The van der Waals surface area contributed by atoms with Crippen LogP contribution in [0.1, 0.15) is 54.9 Å². The highest BCUT2D eigenvalue weighted by Gasteiger charge is 2.17. The van der Waals surface area contributed by atoms with Crippen LogP contribution in [0.5, 0.6) is 0 Å². The van der Waals surface area contributed by atoms with Crippen LogP contribution in [0.15, 0.2) is 30.8 Å². The molecular formula is C16H20O. The normalized spacial score (nSPS) is 16.8. The molecule has 2 rings (SSSR count). The van der Waals surface area contributed by atoms with Crippen LogP contribution in [-0.4, -0.2) is 5.78 Å². The number of carbonyl (C=O) groups excluding carboxylic acids is 1. The number of hydrogen-bond acceptors (Lipinski definition) is 1. The molecule has 1 nitrogen and oxygen atoms in total. The second-order valence-electron chi connectivity index (χ2n) is 4.99. The third-order valence-electron chi connectivity index (χ3n) is 3.76. The van der Waals surface area contributed by atoms with Crippen LogP contribution < -0.4 is 0 Å². The molecule has 0 amide bonds. The minimum atomic E-state index is 0.125. The molecule has 0 aromatic heterocycles. The highest BCUT2D eigenvalue weighted by atomic mass is 16.1. The number of carbonyl (C=O) groups is 1. The summed E-state index contributed by atoms with van der Waals surface area (Å²) in [6.45, 7) is 5.84. The molecule has 1 aliphatic carbocycles. The Morgan fingerprint density at radius 1 is 1.06 bits per heavy atom. The van der Waals surface area contributed by atoms with Gasteiger partial charge in [-0.3, -0.25) is 4.79 Å². The molecule has 0 radical (unpaired) electrons. The van der Waals surface area contributed by atoms with Crippen molar-refractivity contribution in [3.8, 4) is 0 Å². The van der Waals surface area contributed by atoms with Crippen molar-refractivity contribution < 1.29 is 4.79 Å². The molecule has 0 unspecified atom stereocenters. The number of allylic oxidation sites excluding steroid dienone is 1. The fourth-order valence-electron chi connectivity index (χ4n) is 2.61. The van der Waals surface area contributed by atoms with Crippen LogP contribution in [0.3, 0.4) is 0 Å². The Bertz CT molecular complexity index is 408. The average Bonchev–Trinajstić information content (AvgIpc) is 2.39. The Morgan fingerprint density at radius 2 is 1.59 bits per heavy atom. The third-order valence-corrected chi connectivity index (χ3v) is 3.76. The maximum atomic E-state index is 11.2. The van der Waals surface area contributed by atoms with Gasteiger partial charge in [0.05, 0.1) is 0 Å². The minimum absolute atomic E-state index is 0.125. The standard InChI is InChI=1S/C16H20O/c1-12(14-6-4-3-5-7-14)15-8-10-16(11-9-15)13(2)17/h8-11,14H,1,3-7H2,2H3. The van der Waals surface area contributed by atoms with Crippen LogP contribution >= 0.6 is 0 Å². The fraction of sp³-hybridized carbons (Fsp3) is 0.438. The number of benzene rings is 1. The largest absolute Gasteiger partial charge is 0.295 e. The predicted molar refractivity (Wildman–Crippen MR) is 72.1 cm³/mol. The Balaban J connectivity index is 2.10. The van der Waals surface area contributed by atoms with Crippen molar-refractivity contribution in [2.45, 2.75) is 39.0 Å². The molecule has 1 aliphatic rings. The van der Waals surface area contributed by atoms with Crippen LogP contribution in [0.25, 0.3) is 5.57 Å². The van der Waals surface area contributed by atoms with Gasteiger partial charge in [-0.1, -0.05) is 50.1 Å². The molecule has 90 valence electrons. The molecule has 0 atom stereocenters. The van der Waals surface area contributed by atoms with Gasteiger partial charge < -0.3 is 0 Å². The Morgan fingerprint density at radius 3 is 2.12 bits per heavy atom. The van der Waals surface area contributed by atoms with Gasteiger partial charge in [0.2, 0.25) is 0 Å². The second kappa shape index (κ2) is 5.31. The summed E-state index contributed by atoms with van der Waals surface area (Å²) in [7, 11) is 0. The summed E-state index contributed by atoms with van der Waals surface area (Å²) in [5, 5.41) is 0. The van der Waals surface area contributed by atoms with Gasteiger partial charge in [-0.05, 0) is 36.8 Å². The zero-order valence-corrected chi connectivity index (χ0v) is 10.5. The van der Waals surface area contributed by atoms with Gasteiger partial charge in [-0.25, -0.2) is 0 Å². The van der Waals surface area contributed by atoms with Crippen molar-refractivity contribution >= 4 is 11.4 Å². The molecule has 1 heteroatoms. The molecule has 0 heterocycles. The van der Waals surface area contributed by atoms with E-state index in [2.05, 4.69) is 6.58 Å². The number of ketones is 1. The molecule has 1 aromatic carbocycles. The molecular weight excluding hydrogens is 208 g/mol. The summed E-state index contributed by atoms with van der Waals surface area (Å²) >= 11 is 0. The monoisotopic (exact) mass is 228 g/mol. The van der Waals surface area contributed by atoms with Gasteiger partial charge in [-0.2, -0.15) is 0 Å². The van der Waals surface area contributed by atoms with E-state index in [-0.39, 0.29) is 5.78 Å². The highest BCUT2D eigenvalue weighted by Crippen LogP contribution is 2.34. The first-order valence-corrected chi connectivity index (χ1v) is 6.48. The zero-order chi connectivity index (χ0) is 12.3. The summed E-state index contributed by atoms with van der Waals surface area (Å²) in [6.07, 6.45) is 6.57. The van der Waals surface area contributed by atoms with E-state index in [0.717, 1.165) is 5.56 Å². The van der Waals surface area contributed by atoms with E-state index in [0.29, 0.717) is 5.92 Å². The lowest BCUT2D eigenvalue weighted by atomic mass is 9.81. The van der Waals surface area contributed by atoms with Crippen molar-refractivity contribution in [2.24, 2.45) is 5.92 Å². The Labute approximate surface area is 104 Å². The quantitative estimate of drug-likeness (QED) is 0.697. The van der Waals surface area contributed by atoms with Crippen LogP contribution in [0, 0.1) is 5.92 Å². The summed E-state index contributed by atoms with van der Waals surface area (Å²) in [6, 6.07) is 7.89. The molecule has 0 N–H and O–H groups in total. The fourth-order valence-corrected chi connectivity index (χ4v) is 2.61. The third kappa shape index (κ3) is 2.85. The summed E-state index contributed by atoms with van der Waals surface area (Å²) in [5.74, 6) is 0.770. The van der Waals surface area contributed by atoms with Gasteiger partial charge in [0.25, 0.3) is 0 Å². The average molecular weight is 228 g/mol. The first-order valence-electron chi connectivity index (χ1n) is 6.48. The summed E-state index contributed by atoms with van der Waals surface area (Å²) in [5.41, 5.74) is 3.23. The van der Waals surface area contributed by atoms with Gasteiger partial charge in [0.15, 0.2) is 5.78 Å². The SMILES string of the molecule is C=C(c1ccc(C(C)=O)cc1)C1CCCCC1. The molecule has 0 spiro atoms. The molecule has 0 saturated heterocycles. The van der Waals surface area contributed by atoms with Gasteiger partial charge >= 0.3 is 0 Å². The van der Waals surface area contributed by atoms with Crippen LogP contribution in [0.2, 0.25) is 0 Å². The molecule has 0 bridgehead atoms. The van der Waals surface area contributed by atoms with Gasteiger partial charge in [0, 0.05) is 5.56 Å². The van der Waals surface area contributed by atoms with Gasteiger partial charge in [0.1, 0.15) is 0 Å². The van der Waals surface area contributed by atoms with Crippen molar-refractivity contribution in [1.82, 2.24) is 0 Å². The minimum Gasteiger partial charge on any atom is -0.295 e. The molecule has 0 aliphatic heterocycles. The van der Waals surface area contributed by atoms with E-state index < -0.39 is 0 Å². The van der Waals surface area contributed by atoms with Crippen molar-refractivity contribution in [3.05, 3.63) is 42.0 Å². The van der Waals surface area contributed by atoms with Crippen molar-refractivity contribution in [1.29, 1.82) is 0 Å². The lowest BCUT2D eigenvalue weighted by molar-refractivity contribution is 0.101. The van der Waals surface area contributed by atoms with Crippen molar-refractivity contribution in [3.63, 3.8) is 0 Å². The first-order chi connectivity index (χ1) is 8.18. The number of Topliss-reactive ketones (excluding diaryl/α,β-unsaturated/α-hetero) is 1. The van der Waals surface area contributed by atoms with E-state index in [4.69, 9.17) is 0 Å². The lowest BCUT2D eigenvalue weighted by Crippen LogP contribution is -2.07. The highest BCUT2D eigenvalue weighted by molar-refractivity contribution is 5.94. The topological polar surface area (TPSA) is 17.1 Å². The van der Waals surface area contributed by atoms with E-state index >= 15 is 0 Å². The van der Waals surface area contributed by atoms with Gasteiger partial charge in [-0.15, -0.1) is 0 Å². The summed E-state index contributed by atoms with van der Waals surface area (Å²) in [4.78, 5) is 11.2. The molecule has 17 heavy (non-hydrogen) atoms. The number of rotatable bonds is 3. The Kier molecular flexibility index (Phi) is 3.78. The van der Waals surface area contributed by atoms with E-state index in [1.807, 2.05) is 24.3 Å². The zero-order valence-electron chi connectivity index (χ0n) is 10.5. The lowest BCUT2D eigenvalue weighted by Gasteiger charge is -2.24. The van der Waals surface area contributed by atoms with E-state index in [1.165, 1.54) is 43.2 Å². The predicted octanol–water partition coefficient (Wildman–Crippen LogP) is 4.48. The maximum absolute atomic E-state index is 11.2. The Hall–Kier alpha value is -1.37. The van der Waals surface area contributed by atoms with Crippen molar-refractivity contribution in [2.75, 3.05) is 0 Å². The van der Waals surface area contributed by atoms with Crippen LogP contribution in [0.4, 0.5) is 0 Å². The maximum Gasteiger partial charge on any atom is 0.159 e. The number of hydrogen-bond donors (Lipinski definition) is 0. The van der Waals surface area contributed by atoms with E-state index in [1.54, 1.807) is 6.92 Å². The van der Waals surface area contributed by atoms with Crippen LogP contribution in [-0.2, 0) is 0 Å². The summed E-state index contributed by atoms with van der Waals surface area (Å²) < 4.78 is 0.